The van der Waals surface area contributed by atoms with Gasteiger partial charge in [-0.05, 0) is 76.1 Å². The maximum absolute atomic E-state index is 2.68. The third-order valence-electron chi connectivity index (χ3n) is 10.1. The molecule has 1 atom stereocenters. The highest BCUT2D eigenvalue weighted by atomic mass is 32.2. The van der Waals surface area contributed by atoms with Crippen LogP contribution in [0.3, 0.4) is 0 Å². The van der Waals surface area contributed by atoms with Gasteiger partial charge in [0.05, 0.1) is 0 Å². The molecule has 2 nitrogen and oxygen atoms in total. The molecule has 0 radical (unpaired) electrons. The highest BCUT2D eigenvalue weighted by Crippen LogP contribution is 2.60. The van der Waals surface area contributed by atoms with Gasteiger partial charge in [-0.1, -0.05) is 119 Å². The van der Waals surface area contributed by atoms with Crippen molar-refractivity contribution in [2.75, 3.05) is 28.6 Å². The van der Waals surface area contributed by atoms with E-state index in [4.69, 9.17) is 0 Å². The fourth-order valence-corrected chi connectivity index (χ4v) is 9.65. The van der Waals surface area contributed by atoms with Crippen molar-refractivity contribution in [1.29, 1.82) is 0 Å². The molecule has 3 aliphatic rings. The molecule has 0 spiro atoms. The molecule has 3 heterocycles. The molecule has 1 saturated heterocycles. The van der Waals surface area contributed by atoms with Crippen LogP contribution in [-0.2, 0) is 10.8 Å². The van der Waals surface area contributed by atoms with Crippen molar-refractivity contribution in [1.82, 2.24) is 0 Å². The second kappa shape index (κ2) is 10.5. The van der Waals surface area contributed by atoms with Gasteiger partial charge in [-0.15, -0.1) is 11.8 Å². The van der Waals surface area contributed by atoms with Crippen LogP contribution < -0.4 is 9.80 Å². The molecule has 0 saturated carbocycles. The molecule has 4 aromatic carbocycles. The molecular weight excluding hydrogens is 541 g/mol. The standard InChI is InChI=1S/C40H42N2S/c1-6-41-33-24-22-29-17-11-13-19-31(29)36(33)38(2,3)35(41)21-10-8-7-9-15-26-40-39(4,5)37-32-20-14-12-18-30(32)23-25-34(37)42(40)27-16-28-43-40/h7-15,17-26H,6,16,27-28H2,1-5H3/b9-7+,10-8+,26-15+,35-21+. The molecule has 3 aliphatic heterocycles. The summed E-state index contributed by atoms with van der Waals surface area (Å²) < 4.78 is 0. The van der Waals surface area contributed by atoms with E-state index in [0.29, 0.717) is 0 Å². The van der Waals surface area contributed by atoms with Crippen LogP contribution in [0.4, 0.5) is 11.4 Å². The van der Waals surface area contributed by atoms with Crippen molar-refractivity contribution in [3.05, 3.63) is 132 Å². The molecule has 43 heavy (non-hydrogen) atoms. The summed E-state index contributed by atoms with van der Waals surface area (Å²) in [5, 5.41) is 5.40. The lowest BCUT2D eigenvalue weighted by atomic mass is 9.77. The number of nitrogens with zero attached hydrogens (tertiary/aromatic N) is 2. The number of rotatable bonds is 5. The fourth-order valence-electron chi connectivity index (χ4n) is 8.08. The van der Waals surface area contributed by atoms with Crippen LogP contribution in [-0.4, -0.2) is 23.7 Å². The van der Waals surface area contributed by atoms with E-state index in [1.165, 1.54) is 61.9 Å². The third kappa shape index (κ3) is 4.15. The minimum Gasteiger partial charge on any atom is -0.352 e. The first kappa shape index (κ1) is 28.1. The summed E-state index contributed by atoms with van der Waals surface area (Å²) in [5.41, 5.74) is 6.95. The largest absolute Gasteiger partial charge is 0.352 e. The Bertz CT molecular complexity index is 1840. The zero-order chi connectivity index (χ0) is 29.8. The minimum absolute atomic E-state index is 0.0181. The first-order chi connectivity index (χ1) is 20.8. The molecule has 0 bridgehead atoms. The van der Waals surface area contributed by atoms with E-state index in [1.54, 1.807) is 0 Å². The van der Waals surface area contributed by atoms with Crippen LogP contribution in [0.5, 0.6) is 0 Å². The Morgan fingerprint density at radius 1 is 0.721 bits per heavy atom. The highest BCUT2D eigenvalue weighted by molar-refractivity contribution is 8.01. The summed E-state index contributed by atoms with van der Waals surface area (Å²) in [4.78, 5) is 5.07. The topological polar surface area (TPSA) is 6.48 Å². The van der Waals surface area contributed by atoms with Crippen LogP contribution in [0.25, 0.3) is 21.5 Å². The number of allylic oxidation sites excluding steroid dienone is 7. The fraction of sp³-hybridized carbons (Fsp3) is 0.300. The van der Waals surface area contributed by atoms with Gasteiger partial charge in [-0.2, -0.15) is 0 Å². The smallest absolute Gasteiger partial charge is 0.114 e. The molecule has 7 rings (SSSR count). The van der Waals surface area contributed by atoms with Crippen LogP contribution in [0.15, 0.2) is 121 Å². The van der Waals surface area contributed by atoms with Gasteiger partial charge >= 0.3 is 0 Å². The second-order valence-corrected chi connectivity index (χ2v) is 14.4. The number of anilines is 2. The predicted molar refractivity (Wildman–Crippen MR) is 190 cm³/mol. The number of hydrogen-bond donors (Lipinski definition) is 0. The Balaban J connectivity index is 1.15. The zero-order valence-electron chi connectivity index (χ0n) is 26.1. The van der Waals surface area contributed by atoms with Crippen LogP contribution in [0.2, 0.25) is 0 Å². The van der Waals surface area contributed by atoms with Gasteiger partial charge in [0.1, 0.15) is 4.87 Å². The summed E-state index contributed by atoms with van der Waals surface area (Å²) in [5.74, 6) is 1.19. The van der Waals surface area contributed by atoms with E-state index in [0.717, 1.165) is 13.1 Å². The van der Waals surface area contributed by atoms with Gasteiger partial charge in [0.15, 0.2) is 0 Å². The van der Waals surface area contributed by atoms with Crippen molar-refractivity contribution >= 4 is 44.7 Å². The van der Waals surface area contributed by atoms with Gasteiger partial charge in [0, 0.05) is 41.0 Å². The average Bonchev–Trinajstić information content (AvgIpc) is 3.37. The Morgan fingerprint density at radius 2 is 1.35 bits per heavy atom. The Hall–Kier alpha value is -3.69. The van der Waals surface area contributed by atoms with Crippen LogP contribution >= 0.6 is 11.8 Å². The molecule has 3 heteroatoms. The number of likely N-dealkylation sites (N-methyl/N-ethyl adjacent to an activating group) is 1. The van der Waals surface area contributed by atoms with Gasteiger partial charge < -0.3 is 9.80 Å². The lowest BCUT2D eigenvalue weighted by Gasteiger charge is -2.48. The van der Waals surface area contributed by atoms with Gasteiger partial charge in [0.25, 0.3) is 0 Å². The molecular formula is C40H42N2S. The van der Waals surface area contributed by atoms with E-state index in [9.17, 15) is 0 Å². The van der Waals surface area contributed by atoms with Gasteiger partial charge in [0.2, 0.25) is 0 Å². The van der Waals surface area contributed by atoms with E-state index < -0.39 is 0 Å². The summed E-state index contributed by atoms with van der Waals surface area (Å²) in [6, 6.07) is 26.9. The van der Waals surface area contributed by atoms with Crippen molar-refractivity contribution in [2.45, 2.75) is 56.7 Å². The van der Waals surface area contributed by atoms with E-state index in [2.05, 4.69) is 172 Å². The zero-order valence-corrected chi connectivity index (χ0v) is 26.9. The summed E-state index contributed by atoms with van der Waals surface area (Å²) in [7, 11) is 0. The number of thioether (sulfide) groups is 1. The molecule has 218 valence electrons. The van der Waals surface area contributed by atoms with Crippen molar-refractivity contribution < 1.29 is 0 Å². The molecule has 4 aromatic rings. The molecule has 0 aromatic heterocycles. The SMILES string of the molecule is CCN1/C(=C/C=C/C=C/C=C/C23SCCCN2c2ccc4ccccc4c2C3(C)C)C(C)(C)c2c1ccc1ccccc21. The van der Waals surface area contributed by atoms with Crippen molar-refractivity contribution in [3.8, 4) is 0 Å². The normalized spacial score (nSPS) is 23.3. The lowest BCUT2D eigenvalue weighted by Crippen LogP contribution is -2.54. The van der Waals surface area contributed by atoms with Gasteiger partial charge in [-0.25, -0.2) is 0 Å². The lowest BCUT2D eigenvalue weighted by molar-refractivity contribution is 0.433. The Morgan fingerprint density at radius 3 is 2.07 bits per heavy atom. The Kier molecular flexibility index (Phi) is 6.85. The quantitative estimate of drug-likeness (QED) is 0.216. The maximum Gasteiger partial charge on any atom is 0.114 e. The predicted octanol–water partition coefficient (Wildman–Crippen LogP) is 10.3. The van der Waals surface area contributed by atoms with E-state index in [1.807, 2.05) is 0 Å². The first-order valence-corrected chi connectivity index (χ1v) is 16.8. The molecule has 0 aliphatic carbocycles. The summed E-state index contributed by atoms with van der Waals surface area (Å²) in [6.45, 7) is 13.9. The third-order valence-corrected chi connectivity index (χ3v) is 11.9. The van der Waals surface area contributed by atoms with Crippen LogP contribution in [0, 0.1) is 0 Å². The maximum atomic E-state index is 2.68. The van der Waals surface area contributed by atoms with Gasteiger partial charge in [-0.3, -0.25) is 0 Å². The molecule has 0 amide bonds. The first-order valence-electron chi connectivity index (χ1n) is 15.8. The summed E-state index contributed by atoms with van der Waals surface area (Å²) in [6.07, 6.45) is 17.0. The number of hydrogen-bond acceptors (Lipinski definition) is 3. The molecule has 1 fully saturated rings. The number of fused-ring (bicyclic) bond motifs is 8. The number of benzene rings is 4. The van der Waals surface area contributed by atoms with Crippen LogP contribution in [0.1, 0.15) is 52.2 Å². The molecule has 1 unspecified atom stereocenters. The average molecular weight is 583 g/mol. The summed E-state index contributed by atoms with van der Waals surface area (Å²) >= 11 is 2.11. The highest BCUT2D eigenvalue weighted by Gasteiger charge is 2.57. The molecule has 0 N–H and O–H groups in total. The monoisotopic (exact) mass is 582 g/mol. The van der Waals surface area contributed by atoms with E-state index >= 15 is 0 Å². The van der Waals surface area contributed by atoms with E-state index in [-0.39, 0.29) is 15.7 Å². The minimum atomic E-state index is -0.0855. The second-order valence-electron chi connectivity index (χ2n) is 13.1. The Labute approximate surface area is 261 Å². The van der Waals surface area contributed by atoms with Crippen molar-refractivity contribution in [3.63, 3.8) is 0 Å². The van der Waals surface area contributed by atoms with Crippen molar-refractivity contribution in [2.24, 2.45) is 0 Å².